The number of unbranched alkanes of at least 4 members (excludes halogenated alkanes) is 1. The van der Waals surface area contributed by atoms with E-state index in [1.54, 1.807) is 7.11 Å². The topological polar surface area (TPSA) is 54.5 Å². The van der Waals surface area contributed by atoms with Gasteiger partial charge in [0.25, 0.3) is 5.91 Å². The lowest BCUT2D eigenvalue weighted by atomic mass is 9.97. The van der Waals surface area contributed by atoms with Crippen molar-refractivity contribution in [3.8, 4) is 17.0 Å². The van der Waals surface area contributed by atoms with Crippen molar-refractivity contribution in [2.45, 2.75) is 46.0 Å². The molecule has 0 aliphatic carbocycles. The fourth-order valence-electron chi connectivity index (χ4n) is 3.89. The second-order valence-corrected chi connectivity index (χ2v) is 8.98. The molecule has 0 unspecified atom stereocenters. The quantitative estimate of drug-likeness (QED) is 0.373. The molecule has 0 aliphatic rings. The van der Waals surface area contributed by atoms with Crippen LogP contribution in [0.4, 0.5) is 0 Å². The fraction of sp³-hybridized carbons (Fsp3) is 0.429. The summed E-state index contributed by atoms with van der Waals surface area (Å²) in [5.41, 5.74) is 4.45. The van der Waals surface area contributed by atoms with E-state index < -0.39 is 0 Å². The van der Waals surface area contributed by atoms with Crippen LogP contribution in [0, 0.1) is 0 Å². The molecule has 0 fully saturated rings. The number of carbonyl (C=O) groups is 1. The Bertz CT molecular complexity index is 1060. The van der Waals surface area contributed by atoms with Crippen molar-refractivity contribution < 1.29 is 9.53 Å². The normalized spacial score (nSPS) is 11.4. The number of hydrogen-bond donors (Lipinski definition) is 1. The number of methoxy groups -OCH3 is 1. The van der Waals surface area contributed by atoms with E-state index in [0.29, 0.717) is 18.0 Å². The maximum Gasteiger partial charge on any atom is 0.252 e. The van der Waals surface area contributed by atoms with Gasteiger partial charge in [0.1, 0.15) is 5.75 Å². The van der Waals surface area contributed by atoms with Crippen LogP contribution in [-0.4, -0.2) is 49.6 Å². The number of rotatable bonds is 11. The number of carbonyl (C=O) groups excluding carboxylic acids is 1. The molecule has 1 heterocycles. The van der Waals surface area contributed by atoms with Gasteiger partial charge in [-0.2, -0.15) is 0 Å². The number of benzene rings is 2. The highest BCUT2D eigenvalue weighted by molar-refractivity contribution is 6.07. The molecule has 176 valence electrons. The standard InChI is InChI=1S/C28H37N3O2/c1-6-7-16-31(4)17-8-15-29-28(32)25-19-27(21-9-12-23(33-5)13-10-21)30-26-14-11-22(20(2)3)18-24(25)26/h9-14,18-20H,6-8,15-17H2,1-5H3,(H,29,32). The van der Waals surface area contributed by atoms with Gasteiger partial charge < -0.3 is 15.0 Å². The number of aromatic nitrogens is 1. The van der Waals surface area contributed by atoms with Gasteiger partial charge in [-0.25, -0.2) is 4.98 Å². The summed E-state index contributed by atoms with van der Waals surface area (Å²) in [6.45, 7) is 9.26. The Hall–Kier alpha value is -2.92. The molecule has 3 aromatic rings. The lowest BCUT2D eigenvalue weighted by Crippen LogP contribution is -2.29. The first-order valence-electron chi connectivity index (χ1n) is 12.0. The molecule has 5 nitrogen and oxygen atoms in total. The molecule has 0 spiro atoms. The van der Waals surface area contributed by atoms with Crippen molar-refractivity contribution in [3.63, 3.8) is 0 Å². The molecule has 0 atom stereocenters. The average Bonchev–Trinajstić information content (AvgIpc) is 2.84. The van der Waals surface area contributed by atoms with Crippen LogP contribution in [0.25, 0.3) is 22.2 Å². The number of nitrogens with one attached hydrogen (secondary N) is 1. The monoisotopic (exact) mass is 447 g/mol. The van der Waals surface area contributed by atoms with Crippen molar-refractivity contribution in [2.24, 2.45) is 0 Å². The molecular formula is C28H37N3O2. The zero-order valence-electron chi connectivity index (χ0n) is 20.6. The van der Waals surface area contributed by atoms with Crippen LogP contribution in [-0.2, 0) is 0 Å². The van der Waals surface area contributed by atoms with E-state index in [0.717, 1.165) is 47.4 Å². The molecular weight excluding hydrogens is 410 g/mol. The molecule has 1 aromatic heterocycles. The highest BCUT2D eigenvalue weighted by atomic mass is 16.5. The highest BCUT2D eigenvalue weighted by Crippen LogP contribution is 2.28. The molecule has 0 bridgehead atoms. The largest absolute Gasteiger partial charge is 0.497 e. The molecule has 0 radical (unpaired) electrons. The van der Waals surface area contributed by atoms with Crippen LogP contribution >= 0.6 is 0 Å². The Labute approximate surface area is 198 Å². The Morgan fingerprint density at radius 1 is 1.06 bits per heavy atom. The second-order valence-electron chi connectivity index (χ2n) is 8.98. The van der Waals surface area contributed by atoms with E-state index >= 15 is 0 Å². The molecule has 5 heteroatoms. The second kappa shape index (κ2) is 11.8. The van der Waals surface area contributed by atoms with E-state index in [9.17, 15) is 4.79 Å². The molecule has 0 saturated carbocycles. The minimum absolute atomic E-state index is 0.0470. The van der Waals surface area contributed by atoms with E-state index in [4.69, 9.17) is 9.72 Å². The van der Waals surface area contributed by atoms with Crippen molar-refractivity contribution in [1.29, 1.82) is 0 Å². The average molecular weight is 448 g/mol. The number of ether oxygens (including phenoxy) is 1. The van der Waals surface area contributed by atoms with Gasteiger partial charge in [0, 0.05) is 17.5 Å². The summed E-state index contributed by atoms with van der Waals surface area (Å²) in [4.78, 5) is 20.5. The van der Waals surface area contributed by atoms with Crippen LogP contribution in [0.3, 0.4) is 0 Å². The summed E-state index contributed by atoms with van der Waals surface area (Å²) in [5.74, 6) is 1.13. The highest BCUT2D eigenvalue weighted by Gasteiger charge is 2.15. The van der Waals surface area contributed by atoms with Crippen LogP contribution in [0.15, 0.2) is 48.5 Å². The predicted molar refractivity (Wildman–Crippen MR) is 137 cm³/mol. The number of amides is 1. The molecule has 2 aromatic carbocycles. The van der Waals surface area contributed by atoms with Gasteiger partial charge in [-0.05, 0) is 86.9 Å². The first-order valence-corrected chi connectivity index (χ1v) is 12.0. The van der Waals surface area contributed by atoms with Gasteiger partial charge in [0.2, 0.25) is 0 Å². The van der Waals surface area contributed by atoms with E-state index in [1.165, 1.54) is 18.4 Å². The van der Waals surface area contributed by atoms with E-state index in [-0.39, 0.29) is 5.91 Å². The minimum Gasteiger partial charge on any atom is -0.497 e. The van der Waals surface area contributed by atoms with Gasteiger partial charge in [-0.15, -0.1) is 0 Å². The maximum atomic E-state index is 13.3. The maximum absolute atomic E-state index is 13.3. The lowest BCUT2D eigenvalue weighted by Gasteiger charge is -2.16. The molecule has 3 rings (SSSR count). The lowest BCUT2D eigenvalue weighted by molar-refractivity contribution is 0.0953. The summed E-state index contributed by atoms with van der Waals surface area (Å²) in [5, 5.41) is 4.03. The molecule has 1 amide bonds. The summed E-state index contributed by atoms with van der Waals surface area (Å²) in [6, 6.07) is 15.9. The summed E-state index contributed by atoms with van der Waals surface area (Å²) < 4.78 is 5.28. The third kappa shape index (κ3) is 6.55. The Morgan fingerprint density at radius 3 is 2.45 bits per heavy atom. The van der Waals surface area contributed by atoms with Gasteiger partial charge >= 0.3 is 0 Å². The number of hydrogen-bond acceptors (Lipinski definition) is 4. The van der Waals surface area contributed by atoms with Gasteiger partial charge in [-0.3, -0.25) is 4.79 Å². The summed E-state index contributed by atoms with van der Waals surface area (Å²) in [6.07, 6.45) is 3.33. The molecule has 0 saturated heterocycles. The van der Waals surface area contributed by atoms with Gasteiger partial charge in [0.15, 0.2) is 0 Å². The fourth-order valence-corrected chi connectivity index (χ4v) is 3.89. The predicted octanol–water partition coefficient (Wildman–Crippen LogP) is 5.89. The van der Waals surface area contributed by atoms with Gasteiger partial charge in [0.05, 0.1) is 23.9 Å². The Morgan fingerprint density at radius 2 is 1.79 bits per heavy atom. The van der Waals surface area contributed by atoms with Crippen LogP contribution in [0.2, 0.25) is 0 Å². The van der Waals surface area contributed by atoms with E-state index in [1.807, 2.05) is 36.4 Å². The molecule has 33 heavy (non-hydrogen) atoms. The minimum atomic E-state index is -0.0470. The number of fused-ring (bicyclic) bond motifs is 1. The summed E-state index contributed by atoms with van der Waals surface area (Å²) >= 11 is 0. The molecule has 1 N–H and O–H groups in total. The SMILES string of the molecule is CCCCN(C)CCCNC(=O)c1cc(-c2ccc(OC)cc2)nc2ccc(C(C)C)cc12. The smallest absolute Gasteiger partial charge is 0.252 e. The Kier molecular flexibility index (Phi) is 8.84. The first kappa shape index (κ1) is 24.7. The third-order valence-electron chi connectivity index (χ3n) is 6.03. The van der Waals surface area contributed by atoms with Gasteiger partial charge in [-0.1, -0.05) is 33.3 Å². The third-order valence-corrected chi connectivity index (χ3v) is 6.03. The zero-order chi connectivity index (χ0) is 23.8. The van der Waals surface area contributed by atoms with Crippen molar-refractivity contribution >= 4 is 16.8 Å². The zero-order valence-corrected chi connectivity index (χ0v) is 20.6. The van der Waals surface area contributed by atoms with Crippen LogP contribution in [0.1, 0.15) is 61.9 Å². The molecule has 0 aliphatic heterocycles. The van der Waals surface area contributed by atoms with Crippen LogP contribution in [0.5, 0.6) is 5.75 Å². The van der Waals surface area contributed by atoms with Crippen molar-refractivity contribution in [3.05, 3.63) is 59.7 Å². The number of pyridine rings is 1. The van der Waals surface area contributed by atoms with Crippen LogP contribution < -0.4 is 10.1 Å². The summed E-state index contributed by atoms with van der Waals surface area (Å²) in [7, 11) is 3.79. The Balaban J connectivity index is 1.86. The van der Waals surface area contributed by atoms with Crippen molar-refractivity contribution in [2.75, 3.05) is 33.8 Å². The van der Waals surface area contributed by atoms with E-state index in [2.05, 4.69) is 50.2 Å². The number of nitrogens with zero attached hydrogens (tertiary/aromatic N) is 2. The van der Waals surface area contributed by atoms with Crippen molar-refractivity contribution in [1.82, 2.24) is 15.2 Å². The first-order chi connectivity index (χ1) is 15.9.